The molecule has 2 bridgehead atoms. The van der Waals surface area contributed by atoms with E-state index < -0.39 is 29.9 Å². The number of nitrogens with one attached hydrogen (secondary N) is 4. The van der Waals surface area contributed by atoms with Crippen LogP contribution in [-0.2, 0) is 33.9 Å². The Bertz CT molecular complexity index is 1560. The van der Waals surface area contributed by atoms with Crippen LogP contribution >= 0.6 is 0 Å². The van der Waals surface area contributed by atoms with Gasteiger partial charge in [-0.15, -0.1) is 0 Å². The predicted octanol–water partition coefficient (Wildman–Crippen LogP) is 3.69. The van der Waals surface area contributed by atoms with Gasteiger partial charge in [0, 0.05) is 37.3 Å². The molecule has 0 saturated heterocycles. The zero-order chi connectivity index (χ0) is 35.3. The highest BCUT2D eigenvalue weighted by Crippen LogP contribution is 2.16. The van der Waals surface area contributed by atoms with Crippen LogP contribution < -0.4 is 26.0 Å². The SMILES string of the molecule is CC[C@H](C)C1NC(=O)c2ccc(cc2)CN(Cc2cccc(C)n2)CCCCNC(=O)[C@@H](C)NC(=O)[C@H](Cc2ccc(OC)cc2)NC1=O. The van der Waals surface area contributed by atoms with Crippen LogP contribution in [0, 0.1) is 12.8 Å². The lowest BCUT2D eigenvalue weighted by Gasteiger charge is -2.27. The molecule has 2 aromatic carbocycles. The second-order valence-corrected chi connectivity index (χ2v) is 12.9. The van der Waals surface area contributed by atoms with Crippen molar-refractivity contribution < 1.29 is 23.9 Å². The minimum atomic E-state index is -0.998. The van der Waals surface area contributed by atoms with Crippen molar-refractivity contribution in [1.82, 2.24) is 31.2 Å². The van der Waals surface area contributed by atoms with Gasteiger partial charge in [0.25, 0.3) is 5.91 Å². The van der Waals surface area contributed by atoms with Gasteiger partial charge in [-0.2, -0.15) is 0 Å². The number of aryl methyl sites for hydroxylation is 1. The third-order valence-corrected chi connectivity index (χ3v) is 8.92. The van der Waals surface area contributed by atoms with Gasteiger partial charge in [-0.3, -0.25) is 29.1 Å². The quantitative estimate of drug-likeness (QED) is 0.281. The Hall–Kier alpha value is -4.77. The number of carbonyl (C=O) groups is 4. The average molecular weight is 671 g/mol. The Balaban J connectivity index is 1.59. The molecule has 0 aliphatic carbocycles. The van der Waals surface area contributed by atoms with E-state index in [4.69, 9.17) is 4.74 Å². The number of methoxy groups -OCH3 is 1. The Morgan fingerprint density at radius 2 is 1.63 bits per heavy atom. The fourth-order valence-corrected chi connectivity index (χ4v) is 5.75. The highest BCUT2D eigenvalue weighted by Gasteiger charge is 2.31. The summed E-state index contributed by atoms with van der Waals surface area (Å²) in [5.41, 5.74) is 4.20. The maximum atomic E-state index is 13.8. The summed E-state index contributed by atoms with van der Waals surface area (Å²) in [6, 6.07) is 17.9. The minimum Gasteiger partial charge on any atom is -0.497 e. The first-order valence-electron chi connectivity index (χ1n) is 17.1. The van der Waals surface area contributed by atoms with Crippen molar-refractivity contribution in [2.75, 3.05) is 20.2 Å². The maximum Gasteiger partial charge on any atom is 0.251 e. The highest BCUT2D eigenvalue weighted by atomic mass is 16.5. The lowest BCUT2D eigenvalue weighted by atomic mass is 9.96. The third-order valence-electron chi connectivity index (χ3n) is 8.92. The third kappa shape index (κ3) is 11.1. The molecule has 2 aliphatic heterocycles. The Morgan fingerprint density at radius 3 is 2.31 bits per heavy atom. The highest BCUT2D eigenvalue weighted by molar-refractivity contribution is 5.99. The van der Waals surface area contributed by atoms with Gasteiger partial charge in [-0.05, 0) is 86.7 Å². The molecule has 4 atom stereocenters. The van der Waals surface area contributed by atoms with Gasteiger partial charge in [-0.1, -0.05) is 50.6 Å². The summed E-state index contributed by atoms with van der Waals surface area (Å²) in [4.78, 5) is 60.9. The molecular formula is C38H50N6O5. The van der Waals surface area contributed by atoms with Crippen LogP contribution in [0.4, 0.5) is 0 Å². The van der Waals surface area contributed by atoms with E-state index in [0.29, 0.717) is 37.4 Å². The molecule has 1 unspecified atom stereocenters. The van der Waals surface area contributed by atoms with Gasteiger partial charge in [-0.25, -0.2) is 0 Å². The first kappa shape index (κ1) is 37.1. The van der Waals surface area contributed by atoms with Crippen LogP contribution in [-0.4, -0.2) is 71.8 Å². The van der Waals surface area contributed by atoms with Crippen molar-refractivity contribution >= 4 is 23.6 Å². The zero-order valence-electron chi connectivity index (χ0n) is 29.3. The Morgan fingerprint density at radius 1 is 0.898 bits per heavy atom. The average Bonchev–Trinajstić information content (AvgIpc) is 3.09. The molecule has 11 nitrogen and oxygen atoms in total. The maximum absolute atomic E-state index is 13.8. The second-order valence-electron chi connectivity index (χ2n) is 12.9. The Kier molecular flexibility index (Phi) is 13.7. The van der Waals surface area contributed by atoms with Crippen LogP contribution in [0.3, 0.4) is 0 Å². The molecule has 0 radical (unpaired) electrons. The number of ether oxygens (including phenoxy) is 1. The van der Waals surface area contributed by atoms with Crippen LogP contribution in [0.25, 0.3) is 0 Å². The number of benzene rings is 2. The molecule has 0 saturated carbocycles. The van der Waals surface area contributed by atoms with Gasteiger partial charge < -0.3 is 26.0 Å². The number of aromatic nitrogens is 1. The van der Waals surface area contributed by atoms with E-state index in [9.17, 15) is 19.2 Å². The van der Waals surface area contributed by atoms with Crippen molar-refractivity contribution in [3.63, 3.8) is 0 Å². The summed E-state index contributed by atoms with van der Waals surface area (Å²) in [5.74, 6) is -1.21. The smallest absolute Gasteiger partial charge is 0.251 e. The monoisotopic (exact) mass is 670 g/mol. The van der Waals surface area contributed by atoms with Crippen molar-refractivity contribution in [3.05, 3.63) is 94.8 Å². The lowest BCUT2D eigenvalue weighted by Crippen LogP contribution is -2.58. The molecule has 49 heavy (non-hydrogen) atoms. The summed E-state index contributed by atoms with van der Waals surface area (Å²) < 4.78 is 5.26. The van der Waals surface area contributed by atoms with E-state index >= 15 is 0 Å². The predicted molar refractivity (Wildman–Crippen MR) is 189 cm³/mol. The summed E-state index contributed by atoms with van der Waals surface area (Å²) in [6.07, 6.45) is 2.37. The van der Waals surface area contributed by atoms with Crippen molar-refractivity contribution in [3.8, 4) is 5.75 Å². The molecule has 1 aromatic heterocycles. The molecule has 4 amide bonds. The molecule has 2 aliphatic rings. The standard InChI is InChI=1S/C38H50N6O5/c1-6-25(2)34-38(48)42-33(22-28-14-18-32(49-5)19-15-28)37(47)41-27(4)35(45)39-20-7-8-21-44(24-31-11-9-10-26(3)40-31)23-29-12-16-30(17-13-29)36(46)43-34/h9-19,25,27,33-34H,6-8,20-24H2,1-5H3,(H,39,45)(H,41,47)(H,42,48)(H,43,46)/t25-,27+,33-,34?/m0/s1. The number of hydrogen-bond donors (Lipinski definition) is 4. The molecule has 3 aromatic rings. The van der Waals surface area contributed by atoms with Gasteiger partial charge in [0.1, 0.15) is 23.9 Å². The summed E-state index contributed by atoms with van der Waals surface area (Å²) >= 11 is 0. The van der Waals surface area contributed by atoms with Crippen molar-refractivity contribution in [2.45, 2.75) is 84.6 Å². The van der Waals surface area contributed by atoms with E-state index in [-0.39, 0.29) is 24.2 Å². The number of hydrogen-bond acceptors (Lipinski definition) is 7. The first-order chi connectivity index (χ1) is 23.6. The van der Waals surface area contributed by atoms with Crippen LogP contribution in [0.5, 0.6) is 5.75 Å². The second kappa shape index (κ2) is 18.1. The van der Waals surface area contributed by atoms with Crippen LogP contribution in [0.1, 0.15) is 72.9 Å². The van der Waals surface area contributed by atoms with E-state index in [0.717, 1.165) is 41.9 Å². The number of carbonyl (C=O) groups excluding carboxylic acids is 4. The Labute approximate surface area is 289 Å². The molecule has 0 spiro atoms. The van der Waals surface area contributed by atoms with Gasteiger partial charge >= 0.3 is 0 Å². The summed E-state index contributed by atoms with van der Waals surface area (Å²) in [6.45, 7) is 9.97. The first-order valence-corrected chi connectivity index (χ1v) is 17.1. The molecule has 262 valence electrons. The number of fused-ring (bicyclic) bond motifs is 18. The fraction of sp³-hybridized carbons (Fsp3) is 0.447. The summed E-state index contributed by atoms with van der Waals surface area (Å²) in [7, 11) is 1.57. The van der Waals surface area contributed by atoms with Gasteiger partial charge in [0.2, 0.25) is 17.7 Å². The largest absolute Gasteiger partial charge is 0.497 e. The van der Waals surface area contributed by atoms with Crippen LogP contribution in [0.2, 0.25) is 0 Å². The van der Waals surface area contributed by atoms with E-state index in [1.807, 2.05) is 63.2 Å². The zero-order valence-corrected chi connectivity index (χ0v) is 29.3. The topological polar surface area (TPSA) is 142 Å². The molecular weight excluding hydrogens is 620 g/mol. The van der Waals surface area contributed by atoms with Crippen molar-refractivity contribution in [2.24, 2.45) is 5.92 Å². The molecule has 3 heterocycles. The van der Waals surface area contributed by atoms with Crippen molar-refractivity contribution in [1.29, 1.82) is 0 Å². The van der Waals surface area contributed by atoms with Crippen LogP contribution in [0.15, 0.2) is 66.7 Å². The molecule has 11 heteroatoms. The molecule has 0 fully saturated rings. The summed E-state index contributed by atoms with van der Waals surface area (Å²) in [5, 5.41) is 11.5. The molecule has 5 rings (SSSR count). The number of nitrogens with zero attached hydrogens (tertiary/aromatic N) is 2. The molecule has 4 N–H and O–H groups in total. The van der Waals surface area contributed by atoms with E-state index in [2.05, 4.69) is 31.2 Å². The van der Waals surface area contributed by atoms with E-state index in [1.165, 1.54) is 0 Å². The van der Waals surface area contributed by atoms with E-state index in [1.54, 1.807) is 38.3 Å². The minimum absolute atomic E-state index is 0.174. The number of amides is 4. The van der Waals surface area contributed by atoms with Gasteiger partial charge in [0.05, 0.1) is 12.8 Å². The van der Waals surface area contributed by atoms with Gasteiger partial charge in [0.15, 0.2) is 0 Å². The normalized spacial score (nSPS) is 21.0. The fourth-order valence-electron chi connectivity index (χ4n) is 5.75. The number of pyridine rings is 1. The lowest BCUT2D eigenvalue weighted by molar-refractivity contribution is -0.132. The number of rotatable bonds is 7.